The molecule has 7 heteroatoms. The number of aromatic nitrogens is 3. The Kier molecular flexibility index (Phi) is 2.90. The zero-order valence-electron chi connectivity index (χ0n) is 9.25. The van der Waals surface area contributed by atoms with Crippen LogP contribution in [0.3, 0.4) is 0 Å². The minimum Gasteiger partial charge on any atom is -0.303 e. The second kappa shape index (κ2) is 4.25. The maximum atomic E-state index is 12.5. The highest BCUT2D eigenvalue weighted by Gasteiger charge is 2.34. The lowest BCUT2D eigenvalue weighted by Crippen LogP contribution is -2.18. The van der Waals surface area contributed by atoms with Gasteiger partial charge in [0.1, 0.15) is 0 Å². The predicted octanol–water partition coefficient (Wildman–Crippen LogP) is 2.16. The molecule has 18 heavy (non-hydrogen) atoms. The van der Waals surface area contributed by atoms with Gasteiger partial charge in [0.15, 0.2) is 0 Å². The summed E-state index contributed by atoms with van der Waals surface area (Å²) >= 11 is 0. The number of aromatic amines is 1. The minimum absolute atomic E-state index is 0.0569. The molecule has 2 aromatic rings. The first-order chi connectivity index (χ1) is 8.36. The van der Waals surface area contributed by atoms with E-state index in [9.17, 15) is 18.0 Å². The Labute approximate surface area is 99.5 Å². The van der Waals surface area contributed by atoms with Crippen LogP contribution in [0.2, 0.25) is 0 Å². The summed E-state index contributed by atoms with van der Waals surface area (Å²) in [6.07, 6.45) is -3.31. The van der Waals surface area contributed by atoms with Gasteiger partial charge in [0, 0.05) is 23.5 Å². The van der Waals surface area contributed by atoms with Gasteiger partial charge < -0.3 is 4.98 Å². The summed E-state index contributed by atoms with van der Waals surface area (Å²) in [4.78, 5) is 20.2. The van der Waals surface area contributed by atoms with Gasteiger partial charge in [0.2, 0.25) is 5.82 Å². The average Bonchev–Trinajstić information content (AvgIpc) is 2.28. The molecule has 2 aromatic heterocycles. The largest absolute Gasteiger partial charge is 0.449 e. The van der Waals surface area contributed by atoms with E-state index in [1.807, 2.05) is 0 Å². The van der Waals surface area contributed by atoms with Gasteiger partial charge >= 0.3 is 6.18 Å². The number of aryl methyl sites for hydroxylation is 1. The van der Waals surface area contributed by atoms with Crippen molar-refractivity contribution in [1.82, 2.24) is 15.0 Å². The number of alkyl halides is 3. The first-order valence-electron chi connectivity index (χ1n) is 4.98. The van der Waals surface area contributed by atoms with Crippen molar-refractivity contribution >= 4 is 0 Å². The van der Waals surface area contributed by atoms with Crippen molar-refractivity contribution in [3.05, 3.63) is 46.3 Å². The molecule has 0 radical (unpaired) electrons. The third kappa shape index (κ3) is 2.55. The van der Waals surface area contributed by atoms with Crippen molar-refractivity contribution in [2.24, 2.45) is 0 Å². The van der Waals surface area contributed by atoms with Gasteiger partial charge in [-0.15, -0.1) is 0 Å². The average molecular weight is 255 g/mol. The highest BCUT2D eigenvalue weighted by molar-refractivity contribution is 5.57. The quantitative estimate of drug-likeness (QED) is 0.849. The van der Waals surface area contributed by atoms with Gasteiger partial charge in [0.25, 0.3) is 5.56 Å². The summed E-state index contributed by atoms with van der Waals surface area (Å²) in [5.74, 6) is -1.31. The minimum atomic E-state index is -4.69. The van der Waals surface area contributed by atoms with Gasteiger partial charge in [-0.1, -0.05) is 0 Å². The Hall–Kier alpha value is -2.18. The van der Waals surface area contributed by atoms with Crippen molar-refractivity contribution in [3.8, 4) is 11.3 Å². The van der Waals surface area contributed by atoms with Crippen LogP contribution in [-0.2, 0) is 6.18 Å². The van der Waals surface area contributed by atoms with E-state index in [1.54, 1.807) is 24.0 Å². The molecule has 94 valence electrons. The summed E-state index contributed by atoms with van der Waals surface area (Å²) in [5.41, 5.74) is 0.170. The number of nitrogens with one attached hydrogen (secondary N) is 1. The van der Waals surface area contributed by atoms with Gasteiger partial charge in [-0.05, 0) is 19.1 Å². The van der Waals surface area contributed by atoms with E-state index in [2.05, 4.69) is 9.97 Å². The second-order valence-electron chi connectivity index (χ2n) is 3.67. The zero-order valence-corrected chi connectivity index (χ0v) is 9.25. The third-order valence-electron chi connectivity index (χ3n) is 2.22. The molecule has 1 N–H and O–H groups in total. The molecule has 2 rings (SSSR count). The number of pyridine rings is 1. The van der Waals surface area contributed by atoms with Crippen LogP contribution in [0.15, 0.2) is 29.2 Å². The number of nitrogens with zero attached hydrogens (tertiary/aromatic N) is 2. The van der Waals surface area contributed by atoms with Crippen molar-refractivity contribution in [1.29, 1.82) is 0 Å². The van der Waals surface area contributed by atoms with Crippen molar-refractivity contribution in [2.75, 3.05) is 0 Å². The maximum absolute atomic E-state index is 12.5. The van der Waals surface area contributed by atoms with E-state index in [0.29, 0.717) is 5.56 Å². The molecule has 4 nitrogen and oxygen atoms in total. The topological polar surface area (TPSA) is 58.6 Å². The van der Waals surface area contributed by atoms with Crippen LogP contribution >= 0.6 is 0 Å². The smallest absolute Gasteiger partial charge is 0.303 e. The Balaban J connectivity index is 2.55. The van der Waals surface area contributed by atoms with Crippen LogP contribution in [0.4, 0.5) is 13.2 Å². The summed E-state index contributed by atoms with van der Waals surface area (Å²) < 4.78 is 37.4. The van der Waals surface area contributed by atoms with Crippen LogP contribution in [0.1, 0.15) is 11.5 Å². The van der Waals surface area contributed by atoms with E-state index >= 15 is 0 Å². The highest BCUT2D eigenvalue weighted by Crippen LogP contribution is 2.26. The van der Waals surface area contributed by atoms with Crippen LogP contribution < -0.4 is 5.56 Å². The summed E-state index contributed by atoms with van der Waals surface area (Å²) in [6, 6.07) is 4.19. The molecule has 0 aliphatic heterocycles. The zero-order chi connectivity index (χ0) is 13.3. The van der Waals surface area contributed by atoms with Crippen LogP contribution in [-0.4, -0.2) is 15.0 Å². The molecule has 0 saturated heterocycles. The molecule has 0 aliphatic carbocycles. The number of halogens is 3. The van der Waals surface area contributed by atoms with Crippen molar-refractivity contribution in [3.63, 3.8) is 0 Å². The Morgan fingerprint density at radius 1 is 1.28 bits per heavy atom. The molecule has 0 aromatic carbocycles. The fourth-order valence-corrected chi connectivity index (χ4v) is 1.36. The van der Waals surface area contributed by atoms with E-state index in [0.717, 1.165) is 11.8 Å². The van der Waals surface area contributed by atoms with Crippen LogP contribution in [0.25, 0.3) is 11.3 Å². The molecule has 2 heterocycles. The fraction of sp³-hybridized carbons (Fsp3) is 0.182. The van der Waals surface area contributed by atoms with Gasteiger partial charge in [-0.3, -0.25) is 9.78 Å². The maximum Gasteiger partial charge on any atom is 0.449 e. The predicted molar refractivity (Wildman–Crippen MR) is 57.8 cm³/mol. The first kappa shape index (κ1) is 12.3. The molecule has 0 amide bonds. The molecule has 0 fully saturated rings. The first-order valence-corrected chi connectivity index (χ1v) is 4.98. The van der Waals surface area contributed by atoms with E-state index in [-0.39, 0.29) is 5.69 Å². The second-order valence-corrected chi connectivity index (χ2v) is 3.67. The van der Waals surface area contributed by atoms with Crippen LogP contribution in [0, 0.1) is 6.92 Å². The highest BCUT2D eigenvalue weighted by atomic mass is 19.4. The normalized spacial score (nSPS) is 11.6. The SMILES string of the molecule is Cc1ccc(-c2cc(=O)[nH]c(C(F)(F)F)n2)cn1. The van der Waals surface area contributed by atoms with Crippen molar-refractivity contribution < 1.29 is 13.2 Å². The third-order valence-corrected chi connectivity index (χ3v) is 2.22. The lowest BCUT2D eigenvalue weighted by molar-refractivity contribution is -0.145. The Morgan fingerprint density at radius 2 is 2.00 bits per heavy atom. The molecule has 0 unspecified atom stereocenters. The summed E-state index contributed by atoms with van der Waals surface area (Å²) in [5, 5.41) is 0. The monoisotopic (exact) mass is 255 g/mol. The fourth-order valence-electron chi connectivity index (χ4n) is 1.36. The van der Waals surface area contributed by atoms with Gasteiger partial charge in [-0.25, -0.2) is 4.98 Å². The lowest BCUT2D eigenvalue weighted by Gasteiger charge is -2.07. The van der Waals surface area contributed by atoms with Gasteiger partial charge in [0.05, 0.1) is 5.69 Å². The number of hydrogen-bond donors (Lipinski definition) is 1. The molecule has 0 spiro atoms. The van der Waals surface area contributed by atoms with Gasteiger partial charge in [-0.2, -0.15) is 13.2 Å². The molecule has 0 aliphatic rings. The summed E-state index contributed by atoms with van der Waals surface area (Å²) in [6.45, 7) is 1.75. The van der Waals surface area contributed by atoms with E-state index in [1.165, 1.54) is 6.20 Å². The molecule has 0 bridgehead atoms. The Bertz CT molecular complexity index is 617. The summed E-state index contributed by atoms with van der Waals surface area (Å²) in [7, 11) is 0. The standard InChI is InChI=1S/C11H8F3N3O/c1-6-2-3-7(5-15-6)8-4-9(18)17-10(16-8)11(12,13)14/h2-5H,1H3,(H,16,17,18). The van der Waals surface area contributed by atoms with Crippen LogP contribution in [0.5, 0.6) is 0 Å². The van der Waals surface area contributed by atoms with E-state index < -0.39 is 17.6 Å². The molecular formula is C11H8F3N3O. The number of rotatable bonds is 1. The van der Waals surface area contributed by atoms with E-state index in [4.69, 9.17) is 0 Å². The Morgan fingerprint density at radius 3 is 2.56 bits per heavy atom. The number of hydrogen-bond acceptors (Lipinski definition) is 3. The molecular weight excluding hydrogens is 247 g/mol. The lowest BCUT2D eigenvalue weighted by atomic mass is 10.2. The number of H-pyrrole nitrogens is 1. The molecule has 0 saturated carbocycles. The molecule has 0 atom stereocenters. The van der Waals surface area contributed by atoms with Crippen molar-refractivity contribution in [2.45, 2.75) is 13.1 Å².